The van der Waals surface area contributed by atoms with Crippen molar-refractivity contribution in [1.29, 1.82) is 0 Å². The molecule has 2 rings (SSSR count). The van der Waals surface area contributed by atoms with Crippen molar-refractivity contribution in [2.45, 2.75) is 18.9 Å². The van der Waals surface area contributed by atoms with Gasteiger partial charge < -0.3 is 5.73 Å². The molecule has 86 valence electrons. The monoisotopic (exact) mass is 242 g/mol. The zero-order valence-corrected chi connectivity index (χ0v) is 9.65. The fraction of sp³-hybridized carbons (Fsp3) is 0.364. The Balaban J connectivity index is 2.46. The van der Waals surface area contributed by atoms with E-state index in [1.165, 1.54) is 23.9 Å². The standard InChI is InChI=1S/C11H12F2N2S/c1-11(4-5-16-10(14)15-11)8-3-2-7(12)6-9(8)13/h2-3,6H,4-5H2,1H3,(H2,14,15)/t11-/m0/s1. The third-order valence-electron chi connectivity index (χ3n) is 2.71. The van der Waals surface area contributed by atoms with Crippen molar-refractivity contribution in [3.63, 3.8) is 0 Å². The second-order valence-corrected chi connectivity index (χ2v) is 5.06. The molecule has 0 saturated carbocycles. The van der Waals surface area contributed by atoms with Gasteiger partial charge in [0.25, 0.3) is 0 Å². The third kappa shape index (κ3) is 2.04. The van der Waals surface area contributed by atoms with Crippen LogP contribution in [-0.2, 0) is 5.54 Å². The van der Waals surface area contributed by atoms with E-state index in [0.717, 1.165) is 11.8 Å². The summed E-state index contributed by atoms with van der Waals surface area (Å²) in [6.45, 7) is 1.82. The Labute approximate surface area is 96.9 Å². The van der Waals surface area contributed by atoms with E-state index in [4.69, 9.17) is 5.73 Å². The molecule has 2 nitrogen and oxygen atoms in total. The number of nitrogens with two attached hydrogens (primary N) is 1. The number of amidine groups is 1. The van der Waals surface area contributed by atoms with Crippen molar-refractivity contribution in [2.75, 3.05) is 5.75 Å². The highest BCUT2D eigenvalue weighted by molar-refractivity contribution is 8.13. The van der Waals surface area contributed by atoms with Gasteiger partial charge >= 0.3 is 0 Å². The highest BCUT2D eigenvalue weighted by Gasteiger charge is 2.31. The first-order chi connectivity index (χ1) is 7.51. The first-order valence-electron chi connectivity index (χ1n) is 4.95. The minimum absolute atomic E-state index is 0.400. The van der Waals surface area contributed by atoms with Gasteiger partial charge in [-0.2, -0.15) is 0 Å². The Bertz CT molecular complexity index is 448. The number of benzene rings is 1. The molecule has 1 aliphatic heterocycles. The number of halogens is 2. The number of rotatable bonds is 1. The summed E-state index contributed by atoms with van der Waals surface area (Å²) in [5.74, 6) is -0.347. The summed E-state index contributed by atoms with van der Waals surface area (Å²) in [7, 11) is 0. The number of hydrogen-bond acceptors (Lipinski definition) is 3. The van der Waals surface area contributed by atoms with Gasteiger partial charge in [0, 0.05) is 17.4 Å². The normalized spacial score (nSPS) is 25.3. The molecular weight excluding hydrogens is 230 g/mol. The van der Waals surface area contributed by atoms with E-state index >= 15 is 0 Å². The Kier molecular flexibility index (Phi) is 2.88. The van der Waals surface area contributed by atoms with E-state index in [1.807, 2.05) is 6.92 Å². The molecule has 16 heavy (non-hydrogen) atoms. The lowest BCUT2D eigenvalue weighted by molar-refractivity contribution is 0.446. The average Bonchev–Trinajstić information content (AvgIpc) is 2.16. The molecule has 0 fully saturated rings. The van der Waals surface area contributed by atoms with Gasteiger partial charge in [-0.3, -0.25) is 4.99 Å². The number of hydrogen-bond donors (Lipinski definition) is 1. The van der Waals surface area contributed by atoms with Gasteiger partial charge in [0.15, 0.2) is 5.17 Å². The molecule has 1 aromatic rings. The second-order valence-electron chi connectivity index (χ2n) is 3.95. The summed E-state index contributed by atoms with van der Waals surface area (Å²) in [5.41, 5.74) is 5.37. The molecule has 0 amide bonds. The fourth-order valence-corrected chi connectivity index (χ4v) is 2.78. The molecule has 1 aliphatic rings. The topological polar surface area (TPSA) is 38.4 Å². The van der Waals surface area contributed by atoms with Crippen molar-refractivity contribution >= 4 is 16.9 Å². The van der Waals surface area contributed by atoms with Crippen LogP contribution in [0.2, 0.25) is 0 Å². The van der Waals surface area contributed by atoms with E-state index in [1.54, 1.807) is 0 Å². The molecule has 0 aromatic heterocycles. The maximum atomic E-state index is 13.7. The van der Waals surface area contributed by atoms with Gasteiger partial charge in [-0.1, -0.05) is 17.8 Å². The summed E-state index contributed by atoms with van der Waals surface area (Å²) in [5, 5.41) is 0.456. The van der Waals surface area contributed by atoms with Gasteiger partial charge in [0.2, 0.25) is 0 Å². The van der Waals surface area contributed by atoms with Crippen LogP contribution in [0.15, 0.2) is 23.2 Å². The van der Waals surface area contributed by atoms with Gasteiger partial charge in [-0.05, 0) is 19.4 Å². The lowest BCUT2D eigenvalue weighted by Gasteiger charge is -2.29. The molecule has 5 heteroatoms. The molecule has 1 atom stereocenters. The van der Waals surface area contributed by atoms with Crippen molar-refractivity contribution in [2.24, 2.45) is 10.7 Å². The predicted octanol–water partition coefficient (Wildman–Crippen LogP) is 2.63. The lowest BCUT2D eigenvalue weighted by Crippen LogP contribution is -2.29. The Morgan fingerprint density at radius 3 is 2.81 bits per heavy atom. The summed E-state index contributed by atoms with van der Waals surface area (Å²) in [6, 6.07) is 3.57. The van der Waals surface area contributed by atoms with Crippen LogP contribution in [0.5, 0.6) is 0 Å². The van der Waals surface area contributed by atoms with E-state index in [-0.39, 0.29) is 0 Å². The van der Waals surface area contributed by atoms with Crippen LogP contribution in [0.3, 0.4) is 0 Å². The van der Waals surface area contributed by atoms with Crippen LogP contribution in [0, 0.1) is 11.6 Å². The average molecular weight is 242 g/mol. The SMILES string of the molecule is C[C@@]1(c2ccc(F)cc2F)CCSC(N)=N1. The van der Waals surface area contributed by atoms with Crippen molar-refractivity contribution in [1.82, 2.24) is 0 Å². The molecular formula is C11H12F2N2S. The van der Waals surface area contributed by atoms with E-state index in [2.05, 4.69) is 4.99 Å². The summed E-state index contributed by atoms with van der Waals surface area (Å²) >= 11 is 1.46. The molecule has 0 unspecified atom stereocenters. The van der Waals surface area contributed by atoms with Crippen LogP contribution in [0.1, 0.15) is 18.9 Å². The molecule has 2 N–H and O–H groups in total. The summed E-state index contributed by atoms with van der Waals surface area (Å²) in [4.78, 5) is 4.27. The number of nitrogens with zero attached hydrogens (tertiary/aromatic N) is 1. The van der Waals surface area contributed by atoms with Crippen molar-refractivity contribution in [3.8, 4) is 0 Å². The maximum Gasteiger partial charge on any atom is 0.154 e. The quantitative estimate of drug-likeness (QED) is 0.822. The van der Waals surface area contributed by atoms with Crippen molar-refractivity contribution < 1.29 is 8.78 Å². The molecule has 0 spiro atoms. The summed E-state index contributed by atoms with van der Waals surface area (Å²) < 4.78 is 26.5. The Hall–Kier alpha value is -1.10. The molecule has 1 aromatic carbocycles. The van der Waals surface area contributed by atoms with Crippen LogP contribution in [0.25, 0.3) is 0 Å². The molecule has 0 bridgehead atoms. The zero-order chi connectivity index (χ0) is 11.8. The second kappa shape index (κ2) is 4.05. The lowest BCUT2D eigenvalue weighted by atomic mass is 9.89. The van der Waals surface area contributed by atoms with E-state index < -0.39 is 17.2 Å². The van der Waals surface area contributed by atoms with Crippen LogP contribution >= 0.6 is 11.8 Å². The molecule has 1 heterocycles. The van der Waals surface area contributed by atoms with Gasteiger partial charge in [0.1, 0.15) is 11.6 Å². The van der Waals surface area contributed by atoms with Gasteiger partial charge in [-0.25, -0.2) is 8.78 Å². The van der Waals surface area contributed by atoms with Crippen LogP contribution < -0.4 is 5.73 Å². The largest absolute Gasteiger partial charge is 0.379 e. The van der Waals surface area contributed by atoms with Gasteiger partial charge in [-0.15, -0.1) is 0 Å². The first kappa shape index (κ1) is 11.4. The Morgan fingerprint density at radius 1 is 1.44 bits per heavy atom. The highest BCUT2D eigenvalue weighted by atomic mass is 32.2. The minimum atomic E-state index is -0.673. The maximum absolute atomic E-state index is 13.7. The van der Waals surface area contributed by atoms with Crippen molar-refractivity contribution in [3.05, 3.63) is 35.4 Å². The zero-order valence-electron chi connectivity index (χ0n) is 8.84. The fourth-order valence-electron chi connectivity index (χ4n) is 1.81. The molecule has 0 radical (unpaired) electrons. The van der Waals surface area contributed by atoms with Gasteiger partial charge in [0.05, 0.1) is 5.54 Å². The van der Waals surface area contributed by atoms with Crippen LogP contribution in [-0.4, -0.2) is 10.9 Å². The Morgan fingerprint density at radius 2 is 2.19 bits per heavy atom. The van der Waals surface area contributed by atoms with Crippen LogP contribution in [0.4, 0.5) is 8.78 Å². The molecule has 0 saturated heterocycles. The first-order valence-corrected chi connectivity index (χ1v) is 5.93. The molecule has 0 aliphatic carbocycles. The third-order valence-corrected chi connectivity index (χ3v) is 3.50. The highest BCUT2D eigenvalue weighted by Crippen LogP contribution is 2.36. The number of thioether (sulfide) groups is 1. The minimum Gasteiger partial charge on any atom is -0.379 e. The number of aliphatic imine (C=N–C) groups is 1. The smallest absolute Gasteiger partial charge is 0.154 e. The van der Waals surface area contributed by atoms with E-state index in [9.17, 15) is 8.78 Å². The predicted molar refractivity (Wildman–Crippen MR) is 62.4 cm³/mol. The van der Waals surface area contributed by atoms with E-state index in [0.29, 0.717) is 17.2 Å². The summed E-state index contributed by atoms with van der Waals surface area (Å²) in [6.07, 6.45) is 0.695.